The number of anilines is 1. The highest BCUT2D eigenvalue weighted by Gasteiger charge is 2.28. The van der Waals surface area contributed by atoms with Crippen LogP contribution in [0.25, 0.3) is 11.4 Å². The van der Waals surface area contributed by atoms with E-state index in [1.165, 1.54) is 30.2 Å². The summed E-state index contributed by atoms with van der Waals surface area (Å²) in [5, 5.41) is 2.33. The summed E-state index contributed by atoms with van der Waals surface area (Å²) in [7, 11) is -2.09. The standard InChI is InChI=1S/C15H21N5O4S/c1-6-25(22,23)13-11(19-14(21)24-15(2,3)4)18-12(20(13)5)10-7-16-9-17-8-10/h7-9H,6H2,1-5H3,(H,19,21). The minimum atomic E-state index is -3.65. The summed E-state index contributed by atoms with van der Waals surface area (Å²) in [6.07, 6.45) is 3.59. The molecule has 2 aromatic heterocycles. The Morgan fingerprint density at radius 1 is 1.28 bits per heavy atom. The third-order valence-corrected chi connectivity index (χ3v) is 4.97. The molecule has 0 radical (unpaired) electrons. The monoisotopic (exact) mass is 367 g/mol. The lowest BCUT2D eigenvalue weighted by atomic mass is 10.2. The van der Waals surface area contributed by atoms with Crippen molar-refractivity contribution >= 4 is 21.7 Å². The van der Waals surface area contributed by atoms with E-state index in [9.17, 15) is 13.2 Å². The first-order chi connectivity index (χ1) is 11.5. The summed E-state index contributed by atoms with van der Waals surface area (Å²) >= 11 is 0. The molecule has 2 rings (SSSR count). The van der Waals surface area contributed by atoms with Crippen LogP contribution in [0.2, 0.25) is 0 Å². The van der Waals surface area contributed by atoms with Crippen LogP contribution < -0.4 is 5.32 Å². The Balaban J connectivity index is 2.53. The maximum Gasteiger partial charge on any atom is 0.413 e. The molecule has 0 atom stereocenters. The van der Waals surface area contributed by atoms with E-state index in [4.69, 9.17) is 4.74 Å². The summed E-state index contributed by atoms with van der Waals surface area (Å²) in [5.74, 6) is 0.0939. The largest absolute Gasteiger partial charge is 0.444 e. The number of hydrogen-bond acceptors (Lipinski definition) is 7. The zero-order chi connectivity index (χ0) is 18.8. The fraction of sp³-hybridized carbons (Fsp3) is 0.467. The van der Waals surface area contributed by atoms with Gasteiger partial charge in [0.15, 0.2) is 20.7 Å². The highest BCUT2D eigenvalue weighted by Crippen LogP contribution is 2.28. The number of aromatic nitrogens is 4. The highest BCUT2D eigenvalue weighted by atomic mass is 32.2. The molecule has 0 aliphatic carbocycles. The van der Waals surface area contributed by atoms with Gasteiger partial charge in [0.1, 0.15) is 17.8 Å². The normalized spacial score (nSPS) is 12.0. The summed E-state index contributed by atoms with van der Waals surface area (Å²) in [5.41, 5.74) is -0.200. The topological polar surface area (TPSA) is 116 Å². The quantitative estimate of drug-likeness (QED) is 0.878. The van der Waals surface area contributed by atoms with Crippen molar-refractivity contribution in [3.05, 3.63) is 18.7 Å². The van der Waals surface area contributed by atoms with Crippen LogP contribution in [0.5, 0.6) is 0 Å². The van der Waals surface area contributed by atoms with Gasteiger partial charge >= 0.3 is 6.09 Å². The van der Waals surface area contributed by atoms with Crippen LogP contribution in [-0.4, -0.2) is 45.4 Å². The first-order valence-electron chi connectivity index (χ1n) is 7.60. The second-order valence-electron chi connectivity index (χ2n) is 6.31. The summed E-state index contributed by atoms with van der Waals surface area (Å²) in [6.45, 7) is 6.65. The van der Waals surface area contributed by atoms with Crippen molar-refractivity contribution in [1.82, 2.24) is 19.5 Å². The summed E-state index contributed by atoms with van der Waals surface area (Å²) in [6, 6.07) is 0. The Hall–Kier alpha value is -2.49. The second-order valence-corrected chi connectivity index (χ2v) is 8.50. The third-order valence-electron chi connectivity index (χ3n) is 3.16. The lowest BCUT2D eigenvalue weighted by molar-refractivity contribution is 0.0635. The molecule has 0 spiro atoms. The van der Waals surface area contributed by atoms with E-state index < -0.39 is 21.5 Å². The predicted octanol–water partition coefficient (Wildman–Crippen LogP) is 2.02. The van der Waals surface area contributed by atoms with E-state index in [1.807, 2.05) is 0 Å². The van der Waals surface area contributed by atoms with E-state index >= 15 is 0 Å². The van der Waals surface area contributed by atoms with Crippen LogP contribution in [0.15, 0.2) is 23.7 Å². The maximum atomic E-state index is 12.5. The number of sulfone groups is 1. The maximum absolute atomic E-state index is 12.5. The van der Waals surface area contributed by atoms with Crippen LogP contribution >= 0.6 is 0 Å². The SMILES string of the molecule is CCS(=O)(=O)c1c(NC(=O)OC(C)(C)C)nc(-c2cncnc2)n1C. The van der Waals surface area contributed by atoms with Gasteiger partial charge in [-0.3, -0.25) is 5.32 Å². The number of nitrogens with zero attached hydrogens (tertiary/aromatic N) is 4. The first kappa shape index (κ1) is 18.8. The Kier molecular flexibility index (Phi) is 5.12. The van der Waals surface area contributed by atoms with Gasteiger partial charge in [0.05, 0.1) is 11.3 Å². The molecule has 9 nitrogen and oxygen atoms in total. The molecule has 136 valence electrons. The third kappa shape index (κ3) is 4.32. The molecule has 0 saturated carbocycles. The van der Waals surface area contributed by atoms with Crippen molar-refractivity contribution in [3.8, 4) is 11.4 Å². The van der Waals surface area contributed by atoms with E-state index in [-0.39, 0.29) is 16.6 Å². The number of imidazole rings is 1. The van der Waals surface area contributed by atoms with Gasteiger partial charge in [-0.05, 0) is 20.8 Å². The Morgan fingerprint density at radius 3 is 2.40 bits per heavy atom. The van der Waals surface area contributed by atoms with Gasteiger partial charge in [0.2, 0.25) is 0 Å². The predicted molar refractivity (Wildman–Crippen MR) is 91.8 cm³/mol. The van der Waals surface area contributed by atoms with Gasteiger partial charge in [-0.15, -0.1) is 0 Å². The van der Waals surface area contributed by atoms with E-state index in [1.54, 1.807) is 27.8 Å². The van der Waals surface area contributed by atoms with E-state index in [0.29, 0.717) is 11.4 Å². The molecule has 1 N–H and O–H groups in total. The van der Waals surface area contributed by atoms with Crippen molar-refractivity contribution in [2.75, 3.05) is 11.1 Å². The van der Waals surface area contributed by atoms with Crippen LogP contribution in [0, 0.1) is 0 Å². The van der Waals surface area contributed by atoms with Gasteiger partial charge in [0.25, 0.3) is 0 Å². The van der Waals surface area contributed by atoms with Crippen molar-refractivity contribution in [1.29, 1.82) is 0 Å². The highest BCUT2D eigenvalue weighted by molar-refractivity contribution is 7.91. The molecule has 0 unspecified atom stereocenters. The number of carbonyl (C=O) groups excluding carboxylic acids is 1. The Morgan fingerprint density at radius 2 is 1.88 bits per heavy atom. The van der Waals surface area contributed by atoms with Crippen molar-refractivity contribution in [2.24, 2.45) is 7.05 Å². The smallest absolute Gasteiger partial charge is 0.413 e. The molecular formula is C15H21N5O4S. The van der Waals surface area contributed by atoms with Gasteiger partial charge in [-0.2, -0.15) is 0 Å². The van der Waals surface area contributed by atoms with Crippen molar-refractivity contribution < 1.29 is 17.9 Å². The molecule has 0 bridgehead atoms. The van der Waals surface area contributed by atoms with Gasteiger partial charge in [0, 0.05) is 19.4 Å². The number of ether oxygens (including phenoxy) is 1. The molecule has 0 aliphatic rings. The zero-order valence-electron chi connectivity index (χ0n) is 14.8. The van der Waals surface area contributed by atoms with Gasteiger partial charge in [-0.1, -0.05) is 6.92 Å². The molecule has 0 fully saturated rings. The Bertz CT molecular complexity index is 869. The average molecular weight is 367 g/mol. The molecular weight excluding hydrogens is 346 g/mol. The number of hydrogen-bond donors (Lipinski definition) is 1. The molecule has 0 saturated heterocycles. The molecule has 2 heterocycles. The minimum Gasteiger partial charge on any atom is -0.444 e. The second kappa shape index (κ2) is 6.79. The van der Waals surface area contributed by atoms with Crippen LogP contribution in [-0.2, 0) is 21.6 Å². The molecule has 0 aromatic carbocycles. The minimum absolute atomic E-state index is 0.0857. The van der Waals surface area contributed by atoms with Crippen LogP contribution in [0.3, 0.4) is 0 Å². The van der Waals surface area contributed by atoms with Crippen molar-refractivity contribution in [3.63, 3.8) is 0 Å². The lowest BCUT2D eigenvalue weighted by Gasteiger charge is -2.19. The fourth-order valence-corrected chi connectivity index (χ4v) is 3.30. The van der Waals surface area contributed by atoms with E-state index in [0.717, 1.165) is 0 Å². The number of nitrogens with one attached hydrogen (secondary N) is 1. The van der Waals surface area contributed by atoms with Gasteiger partial charge in [-0.25, -0.2) is 28.2 Å². The number of amides is 1. The van der Waals surface area contributed by atoms with Crippen molar-refractivity contribution in [2.45, 2.75) is 38.3 Å². The zero-order valence-corrected chi connectivity index (χ0v) is 15.6. The lowest BCUT2D eigenvalue weighted by Crippen LogP contribution is -2.28. The van der Waals surface area contributed by atoms with Crippen LogP contribution in [0.1, 0.15) is 27.7 Å². The first-order valence-corrected chi connectivity index (χ1v) is 9.25. The molecule has 0 aliphatic heterocycles. The molecule has 25 heavy (non-hydrogen) atoms. The molecule has 10 heteroatoms. The number of carbonyl (C=O) groups is 1. The summed E-state index contributed by atoms with van der Waals surface area (Å²) < 4.78 is 31.5. The number of rotatable bonds is 4. The molecule has 2 aromatic rings. The van der Waals surface area contributed by atoms with E-state index in [2.05, 4.69) is 20.3 Å². The fourth-order valence-electron chi connectivity index (χ4n) is 2.13. The summed E-state index contributed by atoms with van der Waals surface area (Å²) in [4.78, 5) is 24.1. The molecule has 1 amide bonds. The average Bonchev–Trinajstić information content (AvgIpc) is 2.83. The van der Waals surface area contributed by atoms with Crippen LogP contribution in [0.4, 0.5) is 10.6 Å². The van der Waals surface area contributed by atoms with Gasteiger partial charge < -0.3 is 9.30 Å². The Labute approximate surface area is 146 Å².